The molecule has 0 aromatic heterocycles. The first-order valence-electron chi connectivity index (χ1n) is 5.80. The van der Waals surface area contributed by atoms with Crippen molar-refractivity contribution in [3.05, 3.63) is 24.3 Å². The summed E-state index contributed by atoms with van der Waals surface area (Å²) in [5.41, 5.74) is 0.717. The van der Waals surface area contributed by atoms with Crippen LogP contribution < -0.4 is 5.32 Å². The zero-order valence-electron chi connectivity index (χ0n) is 10.5. The SMILES string of the molecule is CCCC(Sc1ccc(NC(C)=O)cc1)C(=O)O. The fourth-order valence-corrected chi connectivity index (χ4v) is 2.56. The molecule has 0 fully saturated rings. The van der Waals surface area contributed by atoms with Crippen molar-refractivity contribution in [1.82, 2.24) is 0 Å². The lowest BCUT2D eigenvalue weighted by Crippen LogP contribution is -2.15. The Morgan fingerprint density at radius 3 is 2.39 bits per heavy atom. The number of aliphatic carboxylic acids is 1. The Morgan fingerprint density at radius 1 is 1.33 bits per heavy atom. The van der Waals surface area contributed by atoms with Crippen molar-refractivity contribution >= 4 is 29.3 Å². The molecule has 4 nitrogen and oxygen atoms in total. The second-order valence-electron chi connectivity index (χ2n) is 3.94. The number of amides is 1. The molecule has 0 aliphatic carbocycles. The van der Waals surface area contributed by atoms with Crippen LogP contribution in [0.15, 0.2) is 29.2 Å². The molecule has 1 unspecified atom stereocenters. The van der Waals surface area contributed by atoms with Gasteiger partial charge in [-0.1, -0.05) is 13.3 Å². The van der Waals surface area contributed by atoms with Crippen LogP contribution in [-0.4, -0.2) is 22.2 Å². The summed E-state index contributed by atoms with van der Waals surface area (Å²) in [6.45, 7) is 3.42. The summed E-state index contributed by atoms with van der Waals surface area (Å²) in [6.07, 6.45) is 1.49. The molecule has 1 amide bonds. The molecule has 0 radical (unpaired) electrons. The van der Waals surface area contributed by atoms with Gasteiger partial charge in [0.2, 0.25) is 5.91 Å². The van der Waals surface area contributed by atoms with E-state index in [-0.39, 0.29) is 5.91 Å². The molecule has 1 aromatic rings. The number of anilines is 1. The van der Waals surface area contributed by atoms with Gasteiger partial charge in [-0.3, -0.25) is 9.59 Å². The molecule has 98 valence electrons. The maximum atomic E-state index is 11.0. The summed E-state index contributed by atoms with van der Waals surface area (Å²) < 4.78 is 0. The lowest BCUT2D eigenvalue weighted by atomic mass is 10.2. The lowest BCUT2D eigenvalue weighted by Gasteiger charge is -2.11. The standard InChI is InChI=1S/C13H17NO3S/c1-3-4-12(13(16)17)18-11-7-5-10(6-8-11)14-9(2)15/h5-8,12H,3-4H2,1-2H3,(H,14,15)(H,16,17). The van der Waals surface area contributed by atoms with Crippen LogP contribution in [0.25, 0.3) is 0 Å². The molecular weight excluding hydrogens is 250 g/mol. The number of rotatable bonds is 6. The minimum Gasteiger partial charge on any atom is -0.480 e. The number of thioether (sulfide) groups is 1. The van der Waals surface area contributed by atoms with Gasteiger partial charge in [-0.05, 0) is 30.7 Å². The van der Waals surface area contributed by atoms with Gasteiger partial charge in [0.25, 0.3) is 0 Å². The molecule has 0 saturated heterocycles. The summed E-state index contributed by atoms with van der Waals surface area (Å²) in [4.78, 5) is 22.8. The van der Waals surface area contributed by atoms with Gasteiger partial charge in [0.15, 0.2) is 0 Å². The average Bonchev–Trinajstić information content (AvgIpc) is 2.30. The van der Waals surface area contributed by atoms with E-state index in [1.54, 1.807) is 12.1 Å². The second-order valence-corrected chi connectivity index (χ2v) is 5.22. The van der Waals surface area contributed by atoms with Gasteiger partial charge in [-0.25, -0.2) is 0 Å². The Labute approximate surface area is 111 Å². The maximum Gasteiger partial charge on any atom is 0.316 e. The predicted molar refractivity (Wildman–Crippen MR) is 72.9 cm³/mol. The number of carbonyl (C=O) groups is 2. The summed E-state index contributed by atoms with van der Waals surface area (Å²) in [7, 11) is 0. The van der Waals surface area contributed by atoms with Gasteiger partial charge in [0, 0.05) is 17.5 Å². The Bertz CT molecular complexity index is 417. The summed E-state index contributed by atoms with van der Waals surface area (Å²) in [5, 5.41) is 11.3. The number of benzene rings is 1. The van der Waals surface area contributed by atoms with Gasteiger partial charge < -0.3 is 10.4 Å². The molecule has 1 rings (SSSR count). The number of hydrogen-bond donors (Lipinski definition) is 2. The summed E-state index contributed by atoms with van der Waals surface area (Å²) in [6, 6.07) is 7.19. The first-order chi connectivity index (χ1) is 8.52. The number of carboxylic acids is 1. The number of carboxylic acid groups (broad SMARTS) is 1. The Morgan fingerprint density at radius 2 is 1.94 bits per heavy atom. The third-order valence-electron chi connectivity index (χ3n) is 2.28. The van der Waals surface area contributed by atoms with Gasteiger partial charge in [0.05, 0.1) is 0 Å². The van der Waals surface area contributed by atoms with E-state index < -0.39 is 11.2 Å². The highest BCUT2D eigenvalue weighted by Gasteiger charge is 2.17. The van der Waals surface area contributed by atoms with Crippen molar-refractivity contribution in [3.8, 4) is 0 Å². The van der Waals surface area contributed by atoms with Crippen molar-refractivity contribution in [3.63, 3.8) is 0 Å². The topological polar surface area (TPSA) is 66.4 Å². The van der Waals surface area contributed by atoms with Crippen molar-refractivity contribution in [2.24, 2.45) is 0 Å². The molecule has 5 heteroatoms. The van der Waals surface area contributed by atoms with Gasteiger partial charge >= 0.3 is 5.97 Å². The molecule has 0 heterocycles. The van der Waals surface area contributed by atoms with Crippen LogP contribution in [0.3, 0.4) is 0 Å². The maximum absolute atomic E-state index is 11.0. The fraction of sp³-hybridized carbons (Fsp3) is 0.385. The molecule has 1 atom stereocenters. The van der Waals surface area contributed by atoms with Crippen LogP contribution in [0.2, 0.25) is 0 Å². The Kier molecular flexibility index (Phi) is 5.71. The largest absolute Gasteiger partial charge is 0.480 e. The minimum absolute atomic E-state index is 0.121. The van der Waals surface area contributed by atoms with Crippen LogP contribution in [-0.2, 0) is 9.59 Å². The highest BCUT2D eigenvalue weighted by atomic mass is 32.2. The normalized spacial score (nSPS) is 11.9. The van der Waals surface area contributed by atoms with Crippen LogP contribution in [0.4, 0.5) is 5.69 Å². The Hall–Kier alpha value is -1.49. The van der Waals surface area contributed by atoms with E-state index in [2.05, 4.69) is 5.32 Å². The third-order valence-corrected chi connectivity index (χ3v) is 3.55. The highest BCUT2D eigenvalue weighted by Crippen LogP contribution is 2.27. The van der Waals surface area contributed by atoms with Crippen LogP contribution in [0, 0.1) is 0 Å². The van der Waals surface area contributed by atoms with E-state index in [4.69, 9.17) is 5.11 Å². The van der Waals surface area contributed by atoms with E-state index in [9.17, 15) is 9.59 Å². The van der Waals surface area contributed by atoms with Gasteiger partial charge in [0.1, 0.15) is 5.25 Å². The van der Waals surface area contributed by atoms with E-state index in [1.807, 2.05) is 19.1 Å². The van der Waals surface area contributed by atoms with Crippen molar-refractivity contribution < 1.29 is 14.7 Å². The number of hydrogen-bond acceptors (Lipinski definition) is 3. The molecule has 0 aliphatic heterocycles. The number of carbonyl (C=O) groups excluding carboxylic acids is 1. The quantitative estimate of drug-likeness (QED) is 0.778. The first-order valence-corrected chi connectivity index (χ1v) is 6.68. The summed E-state index contributed by atoms with van der Waals surface area (Å²) >= 11 is 1.34. The van der Waals surface area contributed by atoms with Gasteiger partial charge in [-0.2, -0.15) is 0 Å². The molecule has 0 spiro atoms. The van der Waals surface area contributed by atoms with Crippen LogP contribution in [0.1, 0.15) is 26.7 Å². The van der Waals surface area contributed by atoms with E-state index in [0.717, 1.165) is 11.3 Å². The second kappa shape index (κ2) is 7.06. The van der Waals surface area contributed by atoms with Gasteiger partial charge in [-0.15, -0.1) is 11.8 Å². The van der Waals surface area contributed by atoms with Crippen molar-refractivity contribution in [2.75, 3.05) is 5.32 Å². The smallest absolute Gasteiger partial charge is 0.316 e. The third kappa shape index (κ3) is 4.79. The molecule has 0 saturated carbocycles. The van der Waals surface area contributed by atoms with Crippen LogP contribution >= 0.6 is 11.8 Å². The molecule has 2 N–H and O–H groups in total. The number of nitrogens with one attached hydrogen (secondary N) is 1. The fourth-order valence-electron chi connectivity index (χ4n) is 1.48. The van der Waals surface area contributed by atoms with E-state index in [1.165, 1.54) is 18.7 Å². The summed E-state index contributed by atoms with van der Waals surface area (Å²) in [5.74, 6) is -0.905. The van der Waals surface area contributed by atoms with Crippen molar-refractivity contribution in [2.45, 2.75) is 36.8 Å². The lowest BCUT2D eigenvalue weighted by molar-refractivity contribution is -0.136. The monoisotopic (exact) mass is 267 g/mol. The van der Waals surface area contributed by atoms with E-state index >= 15 is 0 Å². The van der Waals surface area contributed by atoms with Crippen molar-refractivity contribution in [1.29, 1.82) is 0 Å². The molecule has 18 heavy (non-hydrogen) atoms. The first kappa shape index (κ1) is 14.6. The molecule has 0 aliphatic rings. The zero-order chi connectivity index (χ0) is 13.5. The minimum atomic E-state index is -0.784. The van der Waals surface area contributed by atoms with Crippen LogP contribution in [0.5, 0.6) is 0 Å². The predicted octanol–water partition coefficient (Wildman–Crippen LogP) is 2.99. The van der Waals surface area contributed by atoms with E-state index in [0.29, 0.717) is 12.1 Å². The zero-order valence-corrected chi connectivity index (χ0v) is 11.3. The molecule has 0 bridgehead atoms. The average molecular weight is 267 g/mol. The molecule has 1 aromatic carbocycles. The Balaban J connectivity index is 2.67. The highest BCUT2D eigenvalue weighted by molar-refractivity contribution is 8.00. The molecular formula is C13H17NO3S.